The van der Waals surface area contributed by atoms with E-state index in [1.165, 1.54) is 45.4 Å². The number of rotatable bonds is 12. The van der Waals surface area contributed by atoms with Crippen molar-refractivity contribution in [2.24, 2.45) is 0 Å². The molecule has 9 nitrogen and oxygen atoms in total. The summed E-state index contributed by atoms with van der Waals surface area (Å²) in [4.78, 5) is 39.8. The summed E-state index contributed by atoms with van der Waals surface area (Å²) < 4.78 is 20.6. The number of nitrogens with zero attached hydrogens (tertiary/aromatic N) is 2. The molecule has 9 heteroatoms. The van der Waals surface area contributed by atoms with Crippen molar-refractivity contribution in [2.45, 2.75) is 51.0 Å². The quantitative estimate of drug-likeness (QED) is 0.137. The molecule has 0 amide bonds. The molecule has 0 bridgehead atoms. The molecule has 1 aliphatic rings. The molecule has 0 radical (unpaired) electrons. The fraction of sp³-hybridized carbons (Fsp3) is 0.500. The van der Waals surface area contributed by atoms with Crippen LogP contribution in [0.3, 0.4) is 0 Å². The Hall–Kier alpha value is -3.46. The molecule has 1 atom stereocenters. The van der Waals surface area contributed by atoms with E-state index in [0.29, 0.717) is 23.9 Å². The van der Waals surface area contributed by atoms with Crippen LogP contribution in [-0.4, -0.2) is 75.5 Å². The minimum Gasteiger partial charge on any atom is -0.493 e. The number of aryl methyl sites for hydroxylation is 1. The topological polar surface area (TPSA) is 104 Å². The zero-order valence-electron chi connectivity index (χ0n) is 22.2. The van der Waals surface area contributed by atoms with E-state index in [4.69, 9.17) is 18.9 Å². The van der Waals surface area contributed by atoms with Crippen molar-refractivity contribution in [2.75, 3.05) is 41.5 Å². The molecular formula is C28H38N2O7. The maximum Gasteiger partial charge on any atom is 0.323 e. The average molecular weight is 515 g/mol. The number of ether oxygens (including phenoxy) is 4. The number of benzene rings is 1. The van der Waals surface area contributed by atoms with Crippen LogP contribution < -0.4 is 14.2 Å². The van der Waals surface area contributed by atoms with Crippen LogP contribution in [0.2, 0.25) is 0 Å². The lowest BCUT2D eigenvalue weighted by atomic mass is 10.0. The first kappa shape index (κ1) is 29.8. The predicted molar refractivity (Wildman–Crippen MR) is 140 cm³/mol. The SMILES string of the molecule is CN1CCCCC1C(=O)OCCCCCc1cccnc1.COc1cc(C(=O)C=O)cc(OC)c1OC. The van der Waals surface area contributed by atoms with Gasteiger partial charge in [-0.25, -0.2) is 0 Å². The number of unbranched alkanes of at least 4 members (excludes halogenated alkanes) is 2. The lowest BCUT2D eigenvalue weighted by molar-refractivity contribution is -0.150. The van der Waals surface area contributed by atoms with E-state index in [9.17, 15) is 14.4 Å². The van der Waals surface area contributed by atoms with Crippen molar-refractivity contribution < 1.29 is 33.3 Å². The average Bonchev–Trinajstić information content (AvgIpc) is 2.94. The number of ketones is 1. The predicted octanol–water partition coefficient (Wildman–Crippen LogP) is 3.92. The number of carbonyl (C=O) groups is 3. The first-order valence-electron chi connectivity index (χ1n) is 12.5. The van der Waals surface area contributed by atoms with Gasteiger partial charge in [-0.05, 0) is 75.9 Å². The van der Waals surface area contributed by atoms with Gasteiger partial charge in [0, 0.05) is 18.0 Å². The molecule has 202 valence electrons. The molecular weight excluding hydrogens is 476 g/mol. The van der Waals surface area contributed by atoms with E-state index in [1.54, 1.807) is 6.20 Å². The zero-order valence-corrected chi connectivity index (χ0v) is 22.2. The summed E-state index contributed by atoms with van der Waals surface area (Å²) in [5.41, 5.74) is 1.47. The molecule has 0 N–H and O–H groups in total. The Kier molecular flexibility index (Phi) is 13.1. The van der Waals surface area contributed by atoms with Crippen molar-refractivity contribution in [3.63, 3.8) is 0 Å². The highest BCUT2D eigenvalue weighted by atomic mass is 16.5. The van der Waals surface area contributed by atoms with E-state index in [2.05, 4.69) is 16.0 Å². The fourth-order valence-electron chi connectivity index (χ4n) is 4.09. The normalized spacial score (nSPS) is 15.1. The number of methoxy groups -OCH3 is 3. The smallest absolute Gasteiger partial charge is 0.323 e. The molecule has 3 rings (SSSR count). The Morgan fingerprint density at radius 2 is 1.78 bits per heavy atom. The van der Waals surface area contributed by atoms with Crippen molar-refractivity contribution in [3.05, 3.63) is 47.8 Å². The van der Waals surface area contributed by atoms with Gasteiger partial charge in [0.15, 0.2) is 17.8 Å². The number of likely N-dealkylation sites (tertiary alicyclic amines) is 1. The Morgan fingerprint density at radius 3 is 2.35 bits per heavy atom. The van der Waals surface area contributed by atoms with Gasteiger partial charge in [-0.15, -0.1) is 0 Å². The number of likely N-dealkylation sites (N-methyl/N-ethyl adjacent to an activating group) is 1. The minimum absolute atomic E-state index is 0.0193. The molecule has 1 aliphatic heterocycles. The molecule has 0 saturated carbocycles. The lowest BCUT2D eigenvalue weighted by Gasteiger charge is -2.30. The summed E-state index contributed by atoms with van der Waals surface area (Å²) in [5, 5.41) is 0. The zero-order chi connectivity index (χ0) is 27.0. The number of hydrogen-bond donors (Lipinski definition) is 0. The molecule has 2 aromatic rings. The molecule has 0 aliphatic carbocycles. The van der Waals surface area contributed by atoms with Crippen LogP contribution in [0.25, 0.3) is 0 Å². The molecule has 1 fully saturated rings. The molecule has 1 aromatic heterocycles. The van der Waals surface area contributed by atoms with Gasteiger partial charge in [-0.1, -0.05) is 12.5 Å². The van der Waals surface area contributed by atoms with Gasteiger partial charge in [-0.3, -0.25) is 24.3 Å². The molecule has 2 heterocycles. The second kappa shape index (κ2) is 16.3. The Balaban J connectivity index is 0.000000271. The minimum atomic E-state index is -0.640. The second-order valence-corrected chi connectivity index (χ2v) is 8.73. The Bertz CT molecular complexity index is 972. The van der Waals surface area contributed by atoms with E-state index >= 15 is 0 Å². The van der Waals surface area contributed by atoms with Crippen LogP contribution in [0.15, 0.2) is 36.7 Å². The van der Waals surface area contributed by atoms with Crippen LogP contribution in [0.1, 0.15) is 54.4 Å². The number of carbonyl (C=O) groups excluding carboxylic acids is 3. The third-order valence-electron chi connectivity index (χ3n) is 6.18. The van der Waals surface area contributed by atoms with Crippen LogP contribution >= 0.6 is 0 Å². The van der Waals surface area contributed by atoms with Gasteiger partial charge in [0.25, 0.3) is 0 Å². The van der Waals surface area contributed by atoms with Crippen LogP contribution in [0, 0.1) is 0 Å². The van der Waals surface area contributed by atoms with Gasteiger partial charge >= 0.3 is 5.97 Å². The fourth-order valence-corrected chi connectivity index (χ4v) is 4.09. The maximum absolute atomic E-state index is 12.0. The molecule has 1 unspecified atom stereocenters. The van der Waals surface area contributed by atoms with Crippen molar-refractivity contribution >= 4 is 18.0 Å². The Morgan fingerprint density at radius 1 is 1.05 bits per heavy atom. The molecule has 1 saturated heterocycles. The van der Waals surface area contributed by atoms with Crippen LogP contribution in [0.4, 0.5) is 0 Å². The van der Waals surface area contributed by atoms with E-state index in [1.807, 2.05) is 19.3 Å². The molecule has 1 aromatic carbocycles. The number of esters is 1. The number of Topliss-reactive ketones (excluding diaryl/α,β-unsaturated/α-hetero) is 1. The van der Waals surface area contributed by atoms with Gasteiger partial charge < -0.3 is 18.9 Å². The summed E-state index contributed by atoms with van der Waals surface area (Å²) in [5.74, 6) is 0.385. The maximum atomic E-state index is 12.0. The second-order valence-electron chi connectivity index (χ2n) is 8.73. The number of piperidine rings is 1. The number of aldehydes is 1. The van der Waals surface area contributed by atoms with Gasteiger partial charge in [0.1, 0.15) is 6.04 Å². The van der Waals surface area contributed by atoms with Crippen LogP contribution in [-0.2, 0) is 20.7 Å². The highest BCUT2D eigenvalue weighted by molar-refractivity contribution is 6.33. The van der Waals surface area contributed by atoms with Crippen molar-refractivity contribution in [3.8, 4) is 17.2 Å². The van der Waals surface area contributed by atoms with E-state index < -0.39 is 5.78 Å². The Labute approximate surface area is 219 Å². The van der Waals surface area contributed by atoms with Crippen molar-refractivity contribution in [1.29, 1.82) is 0 Å². The summed E-state index contributed by atoms with van der Waals surface area (Å²) in [7, 11) is 6.35. The third kappa shape index (κ3) is 9.49. The van der Waals surface area contributed by atoms with E-state index in [0.717, 1.165) is 45.1 Å². The summed E-state index contributed by atoms with van der Waals surface area (Å²) in [6, 6.07) is 6.91. The number of pyridine rings is 1. The summed E-state index contributed by atoms with van der Waals surface area (Å²) in [6.07, 6.45) is 11.4. The highest BCUT2D eigenvalue weighted by Crippen LogP contribution is 2.38. The highest BCUT2D eigenvalue weighted by Gasteiger charge is 2.26. The first-order chi connectivity index (χ1) is 17.9. The van der Waals surface area contributed by atoms with Crippen molar-refractivity contribution in [1.82, 2.24) is 9.88 Å². The van der Waals surface area contributed by atoms with Gasteiger partial charge in [0.05, 0.1) is 27.9 Å². The van der Waals surface area contributed by atoms with Crippen LogP contribution in [0.5, 0.6) is 17.2 Å². The molecule has 0 spiro atoms. The summed E-state index contributed by atoms with van der Waals surface area (Å²) >= 11 is 0. The number of hydrogen-bond acceptors (Lipinski definition) is 9. The summed E-state index contributed by atoms with van der Waals surface area (Å²) in [6.45, 7) is 1.56. The standard InChI is InChI=1S/C17H26N2O2.C11H12O5/c1-19-12-5-4-10-16(19)17(20)21-13-6-2-3-8-15-9-7-11-18-14-15;1-14-9-4-7(8(13)6-12)5-10(15-2)11(9)16-3/h7,9,11,14,16H,2-6,8,10,12-13H2,1H3;4-6H,1-3H3. The van der Waals surface area contributed by atoms with Gasteiger partial charge in [-0.2, -0.15) is 0 Å². The van der Waals surface area contributed by atoms with Gasteiger partial charge in [0.2, 0.25) is 11.5 Å². The lowest BCUT2D eigenvalue weighted by Crippen LogP contribution is -2.42. The first-order valence-corrected chi connectivity index (χ1v) is 12.5. The number of aromatic nitrogens is 1. The third-order valence-corrected chi connectivity index (χ3v) is 6.18. The van der Waals surface area contributed by atoms with E-state index in [-0.39, 0.29) is 23.9 Å². The molecule has 37 heavy (non-hydrogen) atoms. The largest absolute Gasteiger partial charge is 0.493 e. The monoisotopic (exact) mass is 514 g/mol.